The molecule has 0 aromatic heterocycles. The SMILES string of the molecule is COc1cccc(/C=N/N2CCN(Cc3ccc(C)cc3)CC2)c1OC. The molecule has 138 valence electrons. The quantitative estimate of drug-likeness (QED) is 0.748. The van der Waals surface area contributed by atoms with E-state index in [4.69, 9.17) is 9.47 Å². The number of ether oxygens (including phenoxy) is 2. The first-order valence-electron chi connectivity index (χ1n) is 8.97. The van der Waals surface area contributed by atoms with Crippen LogP contribution >= 0.6 is 0 Å². The molecule has 0 amide bonds. The van der Waals surface area contributed by atoms with E-state index in [9.17, 15) is 0 Å². The Bertz CT molecular complexity index is 735. The lowest BCUT2D eigenvalue weighted by atomic mass is 10.1. The van der Waals surface area contributed by atoms with Crippen LogP contribution in [0.1, 0.15) is 16.7 Å². The Morgan fingerprint density at radius 2 is 1.69 bits per heavy atom. The van der Waals surface area contributed by atoms with Crippen molar-refractivity contribution in [2.24, 2.45) is 5.10 Å². The van der Waals surface area contributed by atoms with E-state index in [1.54, 1.807) is 14.2 Å². The molecular weight excluding hydrogens is 326 g/mol. The first-order valence-corrected chi connectivity index (χ1v) is 8.97. The molecule has 1 aliphatic heterocycles. The minimum atomic E-state index is 0.719. The molecule has 5 nitrogen and oxygen atoms in total. The van der Waals surface area contributed by atoms with Crippen molar-refractivity contribution >= 4 is 6.21 Å². The Hall–Kier alpha value is -2.53. The fourth-order valence-electron chi connectivity index (χ4n) is 3.12. The third kappa shape index (κ3) is 4.55. The van der Waals surface area contributed by atoms with Crippen LogP contribution in [-0.4, -0.2) is 56.5 Å². The zero-order valence-corrected chi connectivity index (χ0v) is 15.8. The molecule has 3 rings (SSSR count). The van der Waals surface area contributed by atoms with Gasteiger partial charge in [0.1, 0.15) is 0 Å². The van der Waals surface area contributed by atoms with Crippen LogP contribution in [0.4, 0.5) is 0 Å². The number of para-hydroxylation sites is 1. The van der Waals surface area contributed by atoms with Crippen LogP contribution < -0.4 is 9.47 Å². The predicted octanol–water partition coefficient (Wildman–Crippen LogP) is 3.16. The number of nitrogens with zero attached hydrogens (tertiary/aromatic N) is 3. The van der Waals surface area contributed by atoms with Crippen LogP contribution in [0.2, 0.25) is 0 Å². The number of rotatable bonds is 6. The molecule has 0 saturated carbocycles. The van der Waals surface area contributed by atoms with Crippen molar-refractivity contribution < 1.29 is 9.47 Å². The molecule has 1 saturated heterocycles. The van der Waals surface area contributed by atoms with E-state index in [-0.39, 0.29) is 0 Å². The summed E-state index contributed by atoms with van der Waals surface area (Å²) in [6, 6.07) is 14.6. The molecule has 1 fully saturated rings. The lowest BCUT2D eigenvalue weighted by Gasteiger charge is -2.33. The molecule has 0 spiro atoms. The van der Waals surface area contributed by atoms with Crippen molar-refractivity contribution in [2.45, 2.75) is 13.5 Å². The molecule has 2 aromatic carbocycles. The lowest BCUT2D eigenvalue weighted by molar-refractivity contribution is 0.131. The molecule has 5 heteroatoms. The molecule has 0 atom stereocenters. The normalized spacial score (nSPS) is 15.4. The van der Waals surface area contributed by atoms with Gasteiger partial charge < -0.3 is 9.47 Å². The smallest absolute Gasteiger partial charge is 0.169 e. The van der Waals surface area contributed by atoms with Crippen LogP contribution in [0.5, 0.6) is 11.5 Å². The Morgan fingerprint density at radius 1 is 0.962 bits per heavy atom. The summed E-state index contributed by atoms with van der Waals surface area (Å²) in [5.74, 6) is 1.44. The van der Waals surface area contributed by atoms with E-state index in [0.29, 0.717) is 0 Å². The van der Waals surface area contributed by atoms with Gasteiger partial charge in [-0.05, 0) is 24.6 Å². The zero-order chi connectivity index (χ0) is 18.4. The average Bonchev–Trinajstić information content (AvgIpc) is 2.68. The van der Waals surface area contributed by atoms with Crippen molar-refractivity contribution in [3.05, 3.63) is 59.2 Å². The van der Waals surface area contributed by atoms with Crippen LogP contribution in [0.15, 0.2) is 47.6 Å². The number of hydrogen-bond acceptors (Lipinski definition) is 5. The maximum Gasteiger partial charge on any atom is 0.169 e. The molecular formula is C21H27N3O2. The molecule has 0 N–H and O–H groups in total. The molecule has 1 aliphatic rings. The zero-order valence-electron chi connectivity index (χ0n) is 15.8. The number of benzene rings is 2. The summed E-state index contributed by atoms with van der Waals surface area (Å²) in [5, 5.41) is 6.75. The second kappa shape index (κ2) is 8.72. The standard InChI is InChI=1S/C21H27N3O2/c1-17-7-9-18(10-8-17)16-23-11-13-24(14-12-23)22-15-19-5-4-6-20(25-2)21(19)26-3/h4-10,15H,11-14,16H2,1-3H3/b22-15+. The lowest BCUT2D eigenvalue weighted by Crippen LogP contribution is -2.43. The van der Waals surface area contributed by atoms with Gasteiger partial charge in [0.25, 0.3) is 0 Å². The molecule has 26 heavy (non-hydrogen) atoms. The van der Waals surface area contributed by atoms with E-state index in [1.807, 2.05) is 24.4 Å². The van der Waals surface area contributed by atoms with Crippen molar-refractivity contribution in [2.75, 3.05) is 40.4 Å². The van der Waals surface area contributed by atoms with Gasteiger partial charge in [0.05, 0.1) is 20.4 Å². The highest BCUT2D eigenvalue weighted by Gasteiger charge is 2.16. The Kier molecular flexibility index (Phi) is 6.12. The minimum Gasteiger partial charge on any atom is -0.493 e. The third-order valence-corrected chi connectivity index (χ3v) is 4.67. The summed E-state index contributed by atoms with van der Waals surface area (Å²) in [7, 11) is 3.30. The largest absolute Gasteiger partial charge is 0.493 e. The maximum atomic E-state index is 5.46. The highest BCUT2D eigenvalue weighted by Crippen LogP contribution is 2.29. The van der Waals surface area contributed by atoms with Crippen molar-refractivity contribution in [1.29, 1.82) is 0 Å². The van der Waals surface area contributed by atoms with Crippen LogP contribution in [-0.2, 0) is 6.54 Å². The van der Waals surface area contributed by atoms with E-state index in [2.05, 4.69) is 46.2 Å². The molecule has 0 aliphatic carbocycles. The predicted molar refractivity (Wildman–Crippen MR) is 105 cm³/mol. The molecule has 0 radical (unpaired) electrons. The number of piperazine rings is 1. The van der Waals surface area contributed by atoms with Crippen LogP contribution in [0, 0.1) is 6.92 Å². The van der Waals surface area contributed by atoms with Gasteiger partial charge in [0.2, 0.25) is 0 Å². The third-order valence-electron chi connectivity index (χ3n) is 4.67. The Labute approximate surface area is 155 Å². The van der Waals surface area contributed by atoms with E-state index >= 15 is 0 Å². The second-order valence-corrected chi connectivity index (χ2v) is 6.54. The topological polar surface area (TPSA) is 37.3 Å². The number of aryl methyl sites for hydroxylation is 1. The van der Waals surface area contributed by atoms with E-state index in [0.717, 1.165) is 49.8 Å². The summed E-state index contributed by atoms with van der Waals surface area (Å²) in [6.07, 6.45) is 1.86. The fraction of sp³-hybridized carbons (Fsp3) is 0.381. The fourth-order valence-corrected chi connectivity index (χ4v) is 3.12. The van der Waals surface area contributed by atoms with Gasteiger partial charge in [-0.2, -0.15) is 5.10 Å². The Balaban J connectivity index is 1.55. The first kappa shape index (κ1) is 18.3. The Morgan fingerprint density at radius 3 is 2.35 bits per heavy atom. The number of hydrazone groups is 1. The number of hydrogen-bond donors (Lipinski definition) is 0. The van der Waals surface area contributed by atoms with Crippen molar-refractivity contribution in [1.82, 2.24) is 9.91 Å². The van der Waals surface area contributed by atoms with Gasteiger partial charge in [-0.15, -0.1) is 0 Å². The van der Waals surface area contributed by atoms with Gasteiger partial charge in [-0.1, -0.05) is 35.9 Å². The van der Waals surface area contributed by atoms with Gasteiger partial charge in [0.15, 0.2) is 11.5 Å². The van der Waals surface area contributed by atoms with Crippen molar-refractivity contribution in [3.63, 3.8) is 0 Å². The van der Waals surface area contributed by atoms with Gasteiger partial charge >= 0.3 is 0 Å². The summed E-state index contributed by atoms with van der Waals surface area (Å²) >= 11 is 0. The first-order chi connectivity index (χ1) is 12.7. The summed E-state index contributed by atoms with van der Waals surface area (Å²) in [4.78, 5) is 2.48. The highest BCUT2D eigenvalue weighted by molar-refractivity contribution is 5.84. The molecule has 0 bridgehead atoms. The summed E-state index contributed by atoms with van der Waals surface area (Å²) in [6.45, 7) is 7.00. The molecule has 0 unspecified atom stereocenters. The average molecular weight is 353 g/mol. The number of methoxy groups -OCH3 is 2. The van der Waals surface area contributed by atoms with E-state index in [1.165, 1.54) is 11.1 Å². The van der Waals surface area contributed by atoms with Crippen LogP contribution in [0.3, 0.4) is 0 Å². The summed E-state index contributed by atoms with van der Waals surface area (Å²) < 4.78 is 10.8. The van der Waals surface area contributed by atoms with Gasteiger partial charge in [-0.3, -0.25) is 9.91 Å². The van der Waals surface area contributed by atoms with E-state index < -0.39 is 0 Å². The minimum absolute atomic E-state index is 0.719. The van der Waals surface area contributed by atoms with Gasteiger partial charge in [0, 0.05) is 38.3 Å². The highest BCUT2D eigenvalue weighted by atomic mass is 16.5. The van der Waals surface area contributed by atoms with Gasteiger partial charge in [-0.25, -0.2) is 0 Å². The van der Waals surface area contributed by atoms with Crippen molar-refractivity contribution in [3.8, 4) is 11.5 Å². The maximum absolute atomic E-state index is 5.46. The monoisotopic (exact) mass is 353 g/mol. The summed E-state index contributed by atoms with van der Waals surface area (Å²) in [5.41, 5.74) is 3.60. The molecule has 2 aromatic rings. The van der Waals surface area contributed by atoms with Crippen LogP contribution in [0.25, 0.3) is 0 Å². The molecule has 1 heterocycles. The second-order valence-electron chi connectivity index (χ2n) is 6.54.